The van der Waals surface area contributed by atoms with Crippen molar-refractivity contribution in [3.8, 4) is 0 Å². The van der Waals surface area contributed by atoms with Gasteiger partial charge in [-0.2, -0.15) is 11.3 Å². The van der Waals surface area contributed by atoms with Gasteiger partial charge in [0.1, 0.15) is 4.99 Å². The zero-order valence-electron chi connectivity index (χ0n) is 11.6. The Kier molecular flexibility index (Phi) is 5.33. The quantitative estimate of drug-likeness (QED) is 0.644. The van der Waals surface area contributed by atoms with Crippen molar-refractivity contribution in [1.29, 1.82) is 0 Å². The van der Waals surface area contributed by atoms with Crippen LogP contribution in [-0.4, -0.2) is 17.1 Å². The smallest absolute Gasteiger partial charge is 0.339 e. The molecule has 21 heavy (non-hydrogen) atoms. The molecule has 0 bridgehead atoms. The molecule has 110 valence electrons. The summed E-state index contributed by atoms with van der Waals surface area (Å²) in [5.74, 6) is -0.444. The van der Waals surface area contributed by atoms with Crippen LogP contribution >= 0.6 is 35.2 Å². The number of anilines is 1. The predicted molar refractivity (Wildman–Crippen MR) is 91.6 cm³/mol. The van der Waals surface area contributed by atoms with Crippen molar-refractivity contribution in [2.75, 3.05) is 5.32 Å². The number of hydrogen-bond acceptors (Lipinski definition) is 4. The van der Waals surface area contributed by atoms with Gasteiger partial charge in [-0.15, -0.1) is 0 Å². The number of carbonyl (C=O) groups is 1. The van der Waals surface area contributed by atoms with Crippen LogP contribution in [0.3, 0.4) is 0 Å². The second kappa shape index (κ2) is 7.02. The van der Waals surface area contributed by atoms with E-state index < -0.39 is 5.97 Å². The topological polar surface area (TPSA) is 38.3 Å². The molecule has 1 heterocycles. The number of benzene rings is 1. The van der Waals surface area contributed by atoms with Crippen molar-refractivity contribution in [1.82, 2.24) is 0 Å². The summed E-state index contributed by atoms with van der Waals surface area (Å²) < 4.78 is 5.17. The van der Waals surface area contributed by atoms with Gasteiger partial charge in [0, 0.05) is 16.6 Å². The minimum Gasteiger partial charge on any atom is -0.459 e. The Morgan fingerprint density at radius 3 is 2.76 bits per heavy atom. The molecule has 0 aliphatic rings. The summed E-state index contributed by atoms with van der Waals surface area (Å²) >= 11 is 12.9. The van der Waals surface area contributed by atoms with Gasteiger partial charge in [-0.3, -0.25) is 0 Å². The normalized spacial score (nSPS) is 10.5. The second-order valence-electron chi connectivity index (χ2n) is 4.61. The molecule has 1 aromatic heterocycles. The summed E-state index contributed by atoms with van der Waals surface area (Å²) in [6, 6.07) is 7.00. The van der Waals surface area contributed by atoms with Gasteiger partial charge in [-0.25, -0.2) is 4.79 Å². The monoisotopic (exact) mass is 339 g/mol. The molecule has 1 N–H and O–H groups in total. The minimum absolute atomic E-state index is 0.197. The number of thiocarbonyl (C=S) groups is 1. The van der Waals surface area contributed by atoms with Gasteiger partial charge in [-0.1, -0.05) is 23.8 Å². The first-order valence-corrected chi connectivity index (χ1v) is 8.04. The van der Waals surface area contributed by atoms with Crippen LogP contribution in [0.2, 0.25) is 5.02 Å². The van der Waals surface area contributed by atoms with Crippen LogP contribution in [0.5, 0.6) is 0 Å². The van der Waals surface area contributed by atoms with E-state index in [1.807, 2.05) is 16.8 Å². The average Bonchev–Trinajstić information content (AvgIpc) is 2.94. The second-order valence-corrected chi connectivity index (χ2v) is 6.21. The highest BCUT2D eigenvalue weighted by Gasteiger charge is 2.14. The summed E-state index contributed by atoms with van der Waals surface area (Å²) in [5, 5.41) is 7.36. The van der Waals surface area contributed by atoms with Crippen molar-refractivity contribution in [2.45, 2.75) is 20.0 Å². The molecule has 0 aliphatic carbocycles. The maximum absolute atomic E-state index is 12.0. The van der Waals surface area contributed by atoms with E-state index in [1.165, 1.54) is 0 Å². The highest BCUT2D eigenvalue weighted by atomic mass is 35.5. The Morgan fingerprint density at radius 2 is 2.14 bits per heavy atom. The first kappa shape index (κ1) is 15.9. The van der Waals surface area contributed by atoms with Crippen molar-refractivity contribution >= 4 is 51.8 Å². The van der Waals surface area contributed by atoms with Gasteiger partial charge < -0.3 is 10.1 Å². The van der Waals surface area contributed by atoms with Gasteiger partial charge in [0.25, 0.3) is 0 Å². The summed E-state index contributed by atoms with van der Waals surface area (Å²) in [6.45, 7) is 3.58. The lowest BCUT2D eigenvalue weighted by Gasteiger charge is -2.12. The van der Waals surface area contributed by atoms with Crippen molar-refractivity contribution < 1.29 is 9.53 Å². The minimum atomic E-state index is -0.444. The number of carbonyl (C=O) groups excluding carboxylic acids is 1. The number of rotatable bonds is 4. The molecule has 2 aromatic rings. The lowest BCUT2D eigenvalue weighted by molar-refractivity contribution is 0.0378. The van der Waals surface area contributed by atoms with Gasteiger partial charge in [0.05, 0.1) is 16.7 Å². The number of nitrogens with one attached hydrogen (secondary N) is 1. The van der Waals surface area contributed by atoms with E-state index in [4.69, 9.17) is 28.6 Å². The van der Waals surface area contributed by atoms with E-state index in [0.29, 0.717) is 21.3 Å². The highest BCUT2D eigenvalue weighted by molar-refractivity contribution is 7.81. The van der Waals surface area contributed by atoms with Crippen molar-refractivity contribution in [3.63, 3.8) is 0 Å². The van der Waals surface area contributed by atoms with Crippen molar-refractivity contribution in [3.05, 3.63) is 51.2 Å². The molecule has 0 unspecified atom stereocenters. The SMILES string of the molecule is CC(C)OC(=O)c1cc(NC(=S)c2ccsc2)ccc1Cl. The largest absolute Gasteiger partial charge is 0.459 e. The molecule has 0 saturated carbocycles. The van der Waals surface area contributed by atoms with Crippen LogP contribution in [0.1, 0.15) is 29.8 Å². The van der Waals surface area contributed by atoms with Crippen LogP contribution in [0.25, 0.3) is 0 Å². The Morgan fingerprint density at radius 1 is 1.38 bits per heavy atom. The first-order chi connectivity index (χ1) is 9.97. The van der Waals surface area contributed by atoms with Gasteiger partial charge >= 0.3 is 5.97 Å². The Labute approximate surface area is 137 Å². The Hall–Kier alpha value is -1.43. The van der Waals surface area contributed by atoms with Gasteiger partial charge in [-0.05, 0) is 43.5 Å². The number of ether oxygens (including phenoxy) is 1. The third-order valence-electron chi connectivity index (χ3n) is 2.57. The third kappa shape index (κ3) is 4.27. The maximum atomic E-state index is 12.0. The van der Waals surface area contributed by atoms with Crippen LogP contribution < -0.4 is 5.32 Å². The fourth-order valence-corrected chi connectivity index (χ4v) is 2.79. The summed E-state index contributed by atoms with van der Waals surface area (Å²) in [6.07, 6.45) is -0.197. The molecule has 3 nitrogen and oxygen atoms in total. The maximum Gasteiger partial charge on any atom is 0.339 e. The molecule has 0 atom stereocenters. The molecule has 0 radical (unpaired) electrons. The number of halogens is 1. The van der Waals surface area contributed by atoms with Crippen LogP contribution in [0, 0.1) is 0 Å². The molecule has 1 aromatic carbocycles. The molecular formula is C15H14ClNO2S2. The standard InChI is InChI=1S/C15H14ClNO2S2/c1-9(2)19-15(18)12-7-11(3-4-13(12)16)17-14(20)10-5-6-21-8-10/h3-9H,1-2H3,(H,17,20). The number of esters is 1. The van der Waals surface area contributed by atoms with E-state index >= 15 is 0 Å². The van der Waals surface area contributed by atoms with Crippen molar-refractivity contribution in [2.24, 2.45) is 0 Å². The molecule has 0 saturated heterocycles. The molecule has 0 fully saturated rings. The van der Waals surface area contributed by atoms with E-state index in [1.54, 1.807) is 43.4 Å². The lowest BCUT2D eigenvalue weighted by Crippen LogP contribution is -2.14. The van der Waals surface area contributed by atoms with Crippen LogP contribution in [0.4, 0.5) is 5.69 Å². The van der Waals surface area contributed by atoms with E-state index in [2.05, 4.69) is 5.32 Å². The third-order valence-corrected chi connectivity index (χ3v) is 3.92. The average molecular weight is 340 g/mol. The number of hydrogen-bond donors (Lipinski definition) is 1. The summed E-state index contributed by atoms with van der Waals surface area (Å²) in [4.78, 5) is 12.6. The summed E-state index contributed by atoms with van der Waals surface area (Å²) in [7, 11) is 0. The molecular weight excluding hydrogens is 326 g/mol. The van der Waals surface area contributed by atoms with Crippen LogP contribution in [-0.2, 0) is 4.74 Å². The predicted octanol–water partition coefficient (Wildman–Crippen LogP) is 4.75. The molecule has 0 aliphatic heterocycles. The number of thiophene rings is 1. The van der Waals surface area contributed by atoms with E-state index in [0.717, 1.165) is 5.56 Å². The highest BCUT2D eigenvalue weighted by Crippen LogP contribution is 2.23. The molecule has 2 rings (SSSR count). The fourth-order valence-electron chi connectivity index (χ4n) is 1.63. The Bertz CT molecular complexity index is 654. The van der Waals surface area contributed by atoms with Gasteiger partial charge in [0.15, 0.2) is 0 Å². The Balaban J connectivity index is 2.18. The molecule has 0 amide bonds. The fraction of sp³-hybridized carbons (Fsp3) is 0.200. The summed E-state index contributed by atoms with van der Waals surface area (Å²) in [5.41, 5.74) is 1.96. The van der Waals surface area contributed by atoms with Crippen LogP contribution in [0.15, 0.2) is 35.0 Å². The zero-order valence-corrected chi connectivity index (χ0v) is 13.9. The van der Waals surface area contributed by atoms with E-state index in [9.17, 15) is 4.79 Å². The zero-order chi connectivity index (χ0) is 15.4. The van der Waals surface area contributed by atoms with E-state index in [-0.39, 0.29) is 6.10 Å². The lowest BCUT2D eigenvalue weighted by atomic mass is 10.2. The first-order valence-electron chi connectivity index (χ1n) is 6.31. The molecule has 6 heteroatoms. The molecule has 0 spiro atoms. The van der Waals surface area contributed by atoms with Gasteiger partial charge in [0.2, 0.25) is 0 Å².